The van der Waals surface area contributed by atoms with Crippen LogP contribution >= 0.6 is 27.5 Å². The number of ether oxygens (including phenoxy) is 1. The molecule has 0 aliphatic heterocycles. The normalized spacial score (nSPS) is 9.50. The Balaban J connectivity index is 3.17. The van der Waals surface area contributed by atoms with Crippen LogP contribution in [0.1, 0.15) is 0 Å². The van der Waals surface area contributed by atoms with Crippen molar-refractivity contribution in [2.45, 2.75) is 0 Å². The monoisotopic (exact) mass is 220 g/mol. The number of rotatable bonds is 1. The summed E-state index contributed by atoms with van der Waals surface area (Å²) in [5.74, 6) is 0.684. The van der Waals surface area contributed by atoms with Crippen LogP contribution in [0.2, 0.25) is 5.02 Å². The summed E-state index contributed by atoms with van der Waals surface area (Å²) < 4.78 is 5.87. The van der Waals surface area contributed by atoms with Crippen LogP contribution in [0.15, 0.2) is 22.7 Å². The van der Waals surface area contributed by atoms with Crippen LogP contribution in [0.3, 0.4) is 0 Å². The third-order valence-corrected chi connectivity index (χ3v) is 2.05. The van der Waals surface area contributed by atoms with Gasteiger partial charge in [-0.1, -0.05) is 17.7 Å². The van der Waals surface area contributed by atoms with Gasteiger partial charge in [0, 0.05) is 0 Å². The second-order valence-corrected chi connectivity index (χ2v) is 3.02. The highest BCUT2D eigenvalue weighted by atomic mass is 79.9. The molecule has 3 heteroatoms. The van der Waals surface area contributed by atoms with Crippen LogP contribution in [0.25, 0.3) is 0 Å². The summed E-state index contributed by atoms with van der Waals surface area (Å²) in [5, 5.41) is 0.622. The van der Waals surface area contributed by atoms with Crippen molar-refractivity contribution in [1.29, 1.82) is 0 Å². The van der Waals surface area contributed by atoms with E-state index in [1.54, 1.807) is 13.2 Å². The quantitative estimate of drug-likeness (QED) is 0.708. The Kier molecular flexibility index (Phi) is 2.57. The van der Waals surface area contributed by atoms with Gasteiger partial charge in [0.05, 0.1) is 16.6 Å². The maximum absolute atomic E-state index is 5.77. The van der Waals surface area contributed by atoms with Crippen LogP contribution in [-0.2, 0) is 0 Å². The topological polar surface area (TPSA) is 9.23 Å². The van der Waals surface area contributed by atoms with Crippen molar-refractivity contribution in [3.05, 3.63) is 27.7 Å². The molecule has 0 fully saturated rings. The first kappa shape index (κ1) is 7.89. The van der Waals surface area contributed by atoms with Gasteiger partial charge in [-0.3, -0.25) is 0 Å². The second kappa shape index (κ2) is 3.26. The average molecular weight is 221 g/mol. The molecular weight excluding hydrogens is 215 g/mol. The van der Waals surface area contributed by atoms with Gasteiger partial charge in [0.15, 0.2) is 5.75 Å². The molecule has 0 atom stereocenters. The fourth-order valence-corrected chi connectivity index (χ4v) is 1.57. The Labute approximate surface area is 73.1 Å². The molecular formula is C7H6BrClO. The molecule has 0 bridgehead atoms. The van der Waals surface area contributed by atoms with E-state index in [0.717, 1.165) is 4.47 Å². The van der Waals surface area contributed by atoms with Gasteiger partial charge in [0.2, 0.25) is 0 Å². The van der Waals surface area contributed by atoms with Crippen molar-refractivity contribution in [3.8, 4) is 5.75 Å². The third-order valence-electron chi connectivity index (χ3n) is 1.12. The van der Waals surface area contributed by atoms with Gasteiger partial charge < -0.3 is 4.74 Å². The van der Waals surface area contributed by atoms with Gasteiger partial charge in [-0.25, -0.2) is 0 Å². The molecule has 10 heavy (non-hydrogen) atoms. The van der Waals surface area contributed by atoms with E-state index in [1.807, 2.05) is 12.1 Å². The van der Waals surface area contributed by atoms with E-state index >= 15 is 0 Å². The highest BCUT2D eigenvalue weighted by Gasteiger charge is 2.02. The number of hydrogen-bond acceptors (Lipinski definition) is 1. The third kappa shape index (κ3) is 1.44. The van der Waals surface area contributed by atoms with Gasteiger partial charge in [0.25, 0.3) is 0 Å². The van der Waals surface area contributed by atoms with Crippen molar-refractivity contribution in [2.75, 3.05) is 7.11 Å². The Hall–Kier alpha value is -0.210. The number of benzene rings is 1. The summed E-state index contributed by atoms with van der Waals surface area (Å²) in [6, 6.07) is 5.52. The highest BCUT2D eigenvalue weighted by Crippen LogP contribution is 2.31. The molecule has 1 rings (SSSR count). The predicted octanol–water partition coefficient (Wildman–Crippen LogP) is 3.11. The molecule has 0 heterocycles. The zero-order valence-corrected chi connectivity index (χ0v) is 7.74. The van der Waals surface area contributed by atoms with Gasteiger partial charge in [-0.2, -0.15) is 0 Å². The summed E-state index contributed by atoms with van der Waals surface area (Å²) in [6.07, 6.45) is 0. The fraction of sp³-hybridized carbons (Fsp3) is 0.143. The van der Waals surface area contributed by atoms with Gasteiger partial charge in [-0.05, 0) is 28.1 Å². The number of hydrogen-bond donors (Lipinski definition) is 0. The lowest BCUT2D eigenvalue weighted by Gasteiger charge is -2.03. The Bertz CT molecular complexity index is 217. The van der Waals surface area contributed by atoms with Crippen LogP contribution < -0.4 is 4.74 Å². The molecule has 0 aromatic heterocycles. The van der Waals surface area contributed by atoms with E-state index in [-0.39, 0.29) is 0 Å². The molecule has 1 nitrogen and oxygen atoms in total. The van der Waals surface area contributed by atoms with E-state index in [0.29, 0.717) is 10.8 Å². The smallest absolute Gasteiger partial charge is 0.151 e. The minimum atomic E-state index is 0.622. The van der Waals surface area contributed by atoms with Crippen molar-refractivity contribution < 1.29 is 4.74 Å². The van der Waals surface area contributed by atoms with E-state index in [1.165, 1.54) is 0 Å². The molecule has 0 amide bonds. The minimum Gasteiger partial charge on any atom is -0.494 e. The number of methoxy groups -OCH3 is 1. The maximum atomic E-state index is 5.77. The van der Waals surface area contributed by atoms with Crippen molar-refractivity contribution >= 4 is 27.5 Å². The molecule has 0 aliphatic carbocycles. The molecule has 1 aromatic rings. The van der Waals surface area contributed by atoms with E-state index < -0.39 is 0 Å². The molecule has 0 unspecified atom stereocenters. The SMILES string of the molecule is COc1c(Cl)cccc1Br. The van der Waals surface area contributed by atoms with Gasteiger partial charge in [0.1, 0.15) is 0 Å². The fourth-order valence-electron chi connectivity index (χ4n) is 0.678. The molecule has 0 N–H and O–H groups in total. The first-order chi connectivity index (χ1) is 4.75. The second-order valence-electron chi connectivity index (χ2n) is 1.75. The first-order valence-electron chi connectivity index (χ1n) is 2.73. The van der Waals surface area contributed by atoms with Crippen LogP contribution in [0.4, 0.5) is 0 Å². The molecule has 1 aromatic carbocycles. The number of halogens is 2. The van der Waals surface area contributed by atoms with E-state index in [9.17, 15) is 0 Å². The summed E-state index contributed by atoms with van der Waals surface area (Å²) in [6.45, 7) is 0. The summed E-state index contributed by atoms with van der Waals surface area (Å²) in [5.41, 5.74) is 0. The zero-order chi connectivity index (χ0) is 7.56. The van der Waals surface area contributed by atoms with Crippen molar-refractivity contribution in [2.24, 2.45) is 0 Å². The van der Waals surface area contributed by atoms with Crippen LogP contribution in [0, 0.1) is 0 Å². The Morgan fingerprint density at radius 3 is 2.60 bits per heavy atom. The number of para-hydroxylation sites is 1. The largest absolute Gasteiger partial charge is 0.494 e. The van der Waals surface area contributed by atoms with Crippen LogP contribution in [-0.4, -0.2) is 7.11 Å². The van der Waals surface area contributed by atoms with Gasteiger partial charge >= 0.3 is 0 Å². The average Bonchev–Trinajstić information content (AvgIpc) is 1.88. The molecule has 0 aliphatic rings. The van der Waals surface area contributed by atoms with Crippen LogP contribution in [0.5, 0.6) is 5.75 Å². The van der Waals surface area contributed by atoms with Gasteiger partial charge in [-0.15, -0.1) is 0 Å². The Morgan fingerprint density at radius 1 is 1.50 bits per heavy atom. The first-order valence-corrected chi connectivity index (χ1v) is 3.91. The molecule has 0 saturated carbocycles. The van der Waals surface area contributed by atoms with E-state index in [4.69, 9.17) is 16.3 Å². The maximum Gasteiger partial charge on any atom is 0.151 e. The lowest BCUT2D eigenvalue weighted by Crippen LogP contribution is -1.84. The lowest BCUT2D eigenvalue weighted by atomic mass is 10.3. The molecule has 0 radical (unpaired) electrons. The molecule has 54 valence electrons. The van der Waals surface area contributed by atoms with Crippen molar-refractivity contribution in [3.63, 3.8) is 0 Å². The lowest BCUT2D eigenvalue weighted by molar-refractivity contribution is 0.412. The summed E-state index contributed by atoms with van der Waals surface area (Å²) >= 11 is 9.07. The Morgan fingerprint density at radius 2 is 2.20 bits per heavy atom. The van der Waals surface area contributed by atoms with Crippen molar-refractivity contribution in [1.82, 2.24) is 0 Å². The molecule has 0 spiro atoms. The summed E-state index contributed by atoms with van der Waals surface area (Å²) in [4.78, 5) is 0. The molecule has 0 saturated heterocycles. The zero-order valence-electron chi connectivity index (χ0n) is 5.40. The highest BCUT2D eigenvalue weighted by molar-refractivity contribution is 9.10. The van der Waals surface area contributed by atoms with E-state index in [2.05, 4.69) is 15.9 Å². The predicted molar refractivity (Wildman–Crippen MR) is 45.7 cm³/mol. The minimum absolute atomic E-state index is 0.622. The summed E-state index contributed by atoms with van der Waals surface area (Å²) in [7, 11) is 1.59. The standard InChI is InChI=1S/C7H6BrClO/c1-10-7-5(8)3-2-4-6(7)9/h2-4H,1H3.